The lowest BCUT2D eigenvalue weighted by atomic mass is 10.1. The van der Waals surface area contributed by atoms with Gasteiger partial charge in [0.25, 0.3) is 11.1 Å². The summed E-state index contributed by atoms with van der Waals surface area (Å²) in [4.78, 5) is 26.8. The van der Waals surface area contributed by atoms with E-state index in [9.17, 15) is 9.59 Å². The van der Waals surface area contributed by atoms with Gasteiger partial charge in [-0.25, -0.2) is 0 Å². The minimum absolute atomic E-state index is 0.0134. The molecule has 5 nitrogen and oxygen atoms in total. The molecule has 30 heavy (non-hydrogen) atoms. The van der Waals surface area contributed by atoms with Crippen molar-refractivity contribution >= 4 is 40.6 Å². The average molecular weight is 446 g/mol. The van der Waals surface area contributed by atoms with Gasteiger partial charge >= 0.3 is 0 Å². The molecule has 0 unspecified atom stereocenters. The molecule has 1 heterocycles. The van der Waals surface area contributed by atoms with Crippen LogP contribution in [0.25, 0.3) is 6.08 Å². The van der Waals surface area contributed by atoms with Crippen molar-refractivity contribution in [2.45, 2.75) is 39.8 Å². The van der Waals surface area contributed by atoms with Gasteiger partial charge in [0.1, 0.15) is 0 Å². The van der Waals surface area contributed by atoms with E-state index < -0.39 is 0 Å². The Morgan fingerprint density at radius 3 is 2.53 bits per heavy atom. The van der Waals surface area contributed by atoms with Crippen LogP contribution in [-0.4, -0.2) is 29.3 Å². The first-order valence-corrected chi connectivity index (χ1v) is 10.9. The van der Waals surface area contributed by atoms with Crippen molar-refractivity contribution in [1.29, 1.82) is 0 Å². The average Bonchev–Trinajstić information content (AvgIpc) is 2.98. The maximum atomic E-state index is 12.8. The second-order valence-electron chi connectivity index (χ2n) is 7.12. The lowest BCUT2D eigenvalue weighted by molar-refractivity contribution is -0.123. The molecule has 1 saturated heterocycles. The van der Waals surface area contributed by atoms with Crippen LogP contribution in [0.3, 0.4) is 0 Å². The first kappa shape index (κ1) is 22.2. The fraction of sp³-hybridized carbons (Fsp3) is 0.304. The lowest BCUT2D eigenvalue weighted by Gasteiger charge is -2.17. The summed E-state index contributed by atoms with van der Waals surface area (Å²) in [5, 5.41) is 0.0985. The first-order chi connectivity index (χ1) is 14.3. The largest absolute Gasteiger partial charge is 0.493 e. The number of amides is 2. The predicted octanol–water partition coefficient (Wildman–Crippen LogP) is 6.07. The van der Waals surface area contributed by atoms with Crippen LogP contribution in [-0.2, 0) is 11.3 Å². The van der Waals surface area contributed by atoms with Crippen molar-refractivity contribution in [2.24, 2.45) is 0 Å². The number of carbonyl (C=O) groups is 2. The predicted molar refractivity (Wildman–Crippen MR) is 121 cm³/mol. The van der Waals surface area contributed by atoms with Crippen LogP contribution in [0.1, 0.15) is 37.0 Å². The van der Waals surface area contributed by atoms with E-state index in [2.05, 4.69) is 0 Å². The van der Waals surface area contributed by atoms with Crippen molar-refractivity contribution < 1.29 is 19.1 Å². The molecule has 1 fully saturated rings. The molecule has 7 heteroatoms. The zero-order valence-corrected chi connectivity index (χ0v) is 19.0. The van der Waals surface area contributed by atoms with Gasteiger partial charge < -0.3 is 9.47 Å². The molecule has 1 aliphatic heterocycles. The summed E-state index contributed by atoms with van der Waals surface area (Å²) in [7, 11) is 1.54. The first-order valence-electron chi connectivity index (χ1n) is 9.67. The Morgan fingerprint density at radius 2 is 1.90 bits per heavy atom. The normalized spacial score (nSPS) is 16.3. The van der Waals surface area contributed by atoms with E-state index in [0.29, 0.717) is 27.0 Å². The zero-order valence-electron chi connectivity index (χ0n) is 17.4. The van der Waals surface area contributed by atoms with Gasteiger partial charge in [0, 0.05) is 0 Å². The topological polar surface area (TPSA) is 55.8 Å². The molecule has 0 bridgehead atoms. The van der Waals surface area contributed by atoms with E-state index in [0.717, 1.165) is 29.3 Å². The number of nitrogens with zero attached hydrogens (tertiary/aromatic N) is 1. The van der Waals surface area contributed by atoms with E-state index in [1.54, 1.807) is 18.2 Å². The minimum Gasteiger partial charge on any atom is -0.493 e. The maximum absolute atomic E-state index is 12.8. The van der Waals surface area contributed by atoms with Gasteiger partial charge in [-0.1, -0.05) is 48.4 Å². The third-order valence-corrected chi connectivity index (χ3v) is 5.97. The highest BCUT2D eigenvalue weighted by Crippen LogP contribution is 2.39. The number of hydrogen-bond donors (Lipinski definition) is 0. The Labute approximate surface area is 186 Å². The van der Waals surface area contributed by atoms with E-state index >= 15 is 0 Å². The van der Waals surface area contributed by atoms with Crippen molar-refractivity contribution in [1.82, 2.24) is 4.90 Å². The Hall–Kier alpha value is -2.44. The monoisotopic (exact) mass is 445 g/mol. The minimum atomic E-state index is -0.319. The highest BCUT2D eigenvalue weighted by Gasteiger charge is 2.35. The van der Waals surface area contributed by atoms with Crippen LogP contribution >= 0.6 is 23.4 Å². The van der Waals surface area contributed by atoms with Gasteiger partial charge in [-0.15, -0.1) is 0 Å². The molecule has 0 radical (unpaired) electrons. The number of hydrogen-bond acceptors (Lipinski definition) is 5. The smallest absolute Gasteiger partial charge is 0.293 e. The van der Waals surface area contributed by atoms with Crippen molar-refractivity contribution in [3.05, 3.63) is 63.0 Å². The van der Waals surface area contributed by atoms with Gasteiger partial charge in [-0.2, -0.15) is 0 Å². The number of thioether (sulfide) groups is 1. The molecule has 1 aliphatic rings. The third kappa shape index (κ3) is 4.99. The third-order valence-electron chi connectivity index (χ3n) is 4.78. The maximum Gasteiger partial charge on any atom is 0.293 e. The van der Waals surface area contributed by atoms with Crippen molar-refractivity contribution in [2.75, 3.05) is 7.11 Å². The number of methoxy groups -OCH3 is 1. The van der Waals surface area contributed by atoms with Crippen LogP contribution < -0.4 is 9.47 Å². The quantitative estimate of drug-likeness (QED) is 0.484. The summed E-state index contributed by atoms with van der Waals surface area (Å²) >= 11 is 7.33. The van der Waals surface area contributed by atoms with Crippen LogP contribution in [0.15, 0.2) is 41.3 Å². The molecule has 0 N–H and O–H groups in total. The molecular weight excluding hydrogens is 422 g/mol. The summed E-state index contributed by atoms with van der Waals surface area (Å²) in [6.07, 6.45) is 2.47. The van der Waals surface area contributed by atoms with Crippen molar-refractivity contribution in [3.63, 3.8) is 0 Å². The van der Waals surface area contributed by atoms with Gasteiger partial charge in [-0.3, -0.25) is 14.5 Å². The van der Waals surface area contributed by atoms with Crippen molar-refractivity contribution in [3.8, 4) is 11.5 Å². The lowest BCUT2D eigenvalue weighted by Crippen LogP contribution is -2.27. The number of benzene rings is 2. The molecule has 0 spiro atoms. The summed E-state index contributed by atoms with van der Waals surface area (Å²) in [5.74, 6) is 0.631. The van der Waals surface area contributed by atoms with Crippen LogP contribution in [0.5, 0.6) is 11.5 Å². The summed E-state index contributed by atoms with van der Waals surface area (Å²) in [6, 6.07) is 11.2. The number of ether oxygens (including phenoxy) is 2. The standard InChI is InChI=1S/C23H24ClNO4S/c1-5-15(3)29-21-18(24)10-17(11-19(21)28-4)12-20-22(26)25(23(27)30-20)13-16-8-6-14(2)7-9-16/h6-12,15H,5,13H2,1-4H3/b20-12-/t15-/m0/s1. The fourth-order valence-electron chi connectivity index (χ4n) is 2.89. The van der Waals surface area contributed by atoms with Gasteiger partial charge in [0.2, 0.25) is 0 Å². The Bertz CT molecular complexity index is 987. The number of aryl methyl sites for hydroxylation is 1. The second kappa shape index (κ2) is 9.58. The second-order valence-corrected chi connectivity index (χ2v) is 8.52. The molecule has 0 aliphatic carbocycles. The fourth-order valence-corrected chi connectivity index (χ4v) is 3.99. The highest BCUT2D eigenvalue weighted by atomic mass is 35.5. The van der Waals surface area contributed by atoms with E-state index in [4.69, 9.17) is 21.1 Å². The molecule has 0 aromatic heterocycles. The van der Waals surface area contributed by atoms with Gasteiger partial charge in [0.15, 0.2) is 11.5 Å². The summed E-state index contributed by atoms with van der Waals surface area (Å²) in [5.41, 5.74) is 2.69. The van der Waals surface area contributed by atoms with E-state index in [1.165, 1.54) is 12.0 Å². The molecule has 1 atom stereocenters. The molecular formula is C23H24ClNO4S. The molecule has 2 aromatic rings. The molecule has 158 valence electrons. The summed E-state index contributed by atoms with van der Waals surface area (Å²) in [6.45, 7) is 6.21. The Morgan fingerprint density at radius 1 is 1.20 bits per heavy atom. The molecule has 3 rings (SSSR count). The SMILES string of the molecule is CC[C@H](C)Oc1c(Cl)cc(/C=C2\SC(=O)N(Cc3ccc(C)cc3)C2=O)cc1OC. The van der Waals surface area contributed by atoms with Gasteiger partial charge in [-0.05, 0) is 61.4 Å². The number of halogens is 1. The molecule has 2 aromatic carbocycles. The van der Waals surface area contributed by atoms with Gasteiger partial charge in [0.05, 0.1) is 29.7 Å². The van der Waals surface area contributed by atoms with E-state index in [1.807, 2.05) is 45.0 Å². The highest BCUT2D eigenvalue weighted by molar-refractivity contribution is 8.18. The molecule has 0 saturated carbocycles. The van der Waals surface area contributed by atoms with E-state index in [-0.39, 0.29) is 23.8 Å². The van der Waals surface area contributed by atoms with Crippen LogP contribution in [0.4, 0.5) is 4.79 Å². The molecule has 2 amide bonds. The number of carbonyl (C=O) groups excluding carboxylic acids is 2. The van der Waals surface area contributed by atoms with Crippen LogP contribution in [0.2, 0.25) is 5.02 Å². The Balaban J connectivity index is 1.84. The number of rotatable bonds is 7. The zero-order chi connectivity index (χ0) is 21.8. The Kier molecular flexibility index (Phi) is 7.10. The number of imide groups is 1. The van der Waals surface area contributed by atoms with Crippen LogP contribution in [0, 0.1) is 6.92 Å². The summed E-state index contributed by atoms with van der Waals surface area (Å²) < 4.78 is 11.3.